The molecule has 6 rings (SSSR count). The lowest BCUT2D eigenvalue weighted by molar-refractivity contribution is -0.161. The Balaban J connectivity index is 1.06. The number of nitrogens with one attached hydrogen (secondary N) is 6. The van der Waals surface area contributed by atoms with Crippen LogP contribution in [-0.4, -0.2) is 133 Å². The topological polar surface area (TPSA) is 298 Å². The van der Waals surface area contributed by atoms with Crippen LogP contribution >= 0.6 is 0 Å². The van der Waals surface area contributed by atoms with Gasteiger partial charge in [-0.15, -0.1) is 0 Å². The summed E-state index contributed by atoms with van der Waals surface area (Å²) >= 11 is 0. The van der Waals surface area contributed by atoms with Crippen molar-refractivity contribution in [3.63, 3.8) is 0 Å². The minimum Gasteiger partial charge on any atom is -0.460 e. The molecule has 0 saturated carbocycles. The summed E-state index contributed by atoms with van der Waals surface area (Å²) in [5.41, 5.74) is 5.03. The summed E-state index contributed by atoms with van der Waals surface area (Å²) in [6, 6.07) is 26.9. The maximum atomic E-state index is 14.3. The molecule has 2 aliphatic rings. The Morgan fingerprint density at radius 2 is 0.726 bits per heavy atom. The van der Waals surface area contributed by atoms with Crippen molar-refractivity contribution >= 4 is 59.7 Å². The van der Waals surface area contributed by atoms with Crippen LogP contribution in [0, 0.1) is 0 Å². The van der Waals surface area contributed by atoms with E-state index in [1.165, 1.54) is 0 Å². The summed E-state index contributed by atoms with van der Waals surface area (Å²) in [4.78, 5) is 135. The molecule has 0 spiro atoms. The number of rotatable bonds is 32. The molecule has 22 nitrogen and oxygen atoms in total. The summed E-state index contributed by atoms with van der Waals surface area (Å²) in [7, 11) is 0. The van der Waals surface area contributed by atoms with Crippen molar-refractivity contribution in [1.82, 2.24) is 31.9 Å². The number of hydrogen-bond acceptors (Lipinski definition) is 16. The van der Waals surface area contributed by atoms with Crippen LogP contribution in [0.25, 0.3) is 22.3 Å². The highest BCUT2D eigenvalue weighted by Crippen LogP contribution is 2.46. The van der Waals surface area contributed by atoms with Gasteiger partial charge in [-0.3, -0.25) is 28.8 Å². The van der Waals surface area contributed by atoms with Crippen LogP contribution < -0.4 is 31.9 Å². The van der Waals surface area contributed by atoms with Crippen molar-refractivity contribution in [3.05, 3.63) is 119 Å². The molecular formula is C73H98N6O16. The van der Waals surface area contributed by atoms with Gasteiger partial charge < -0.3 is 60.3 Å². The Hall–Kier alpha value is -8.82. The van der Waals surface area contributed by atoms with Crippen molar-refractivity contribution in [2.45, 2.75) is 225 Å². The first-order chi connectivity index (χ1) is 44.7. The van der Waals surface area contributed by atoms with Gasteiger partial charge >= 0.3 is 36.1 Å². The number of carbonyl (C=O) groups excluding carboxylic acids is 10. The summed E-state index contributed by atoms with van der Waals surface area (Å²) in [5.74, 6) is -5.83. The number of hydrogen-bond donors (Lipinski definition) is 6. The molecule has 4 atom stereocenters. The number of fused-ring (bicyclic) bond motifs is 6. The molecule has 0 aliphatic heterocycles. The number of benzene rings is 4. The first-order valence-corrected chi connectivity index (χ1v) is 33.0. The lowest BCUT2D eigenvalue weighted by Gasteiger charge is -2.27. The van der Waals surface area contributed by atoms with Gasteiger partial charge in [-0.1, -0.05) is 103 Å². The van der Waals surface area contributed by atoms with E-state index in [0.717, 1.165) is 44.5 Å². The van der Waals surface area contributed by atoms with E-state index in [1.54, 1.807) is 83.1 Å². The Kier molecular flexibility index (Phi) is 27.4. The second-order valence-electron chi connectivity index (χ2n) is 28.0. The molecule has 516 valence electrons. The van der Waals surface area contributed by atoms with Crippen LogP contribution in [0.15, 0.2) is 97.1 Å². The van der Waals surface area contributed by atoms with Crippen molar-refractivity contribution in [3.8, 4) is 22.3 Å². The molecule has 2 aliphatic carbocycles. The molecule has 0 saturated heterocycles. The maximum absolute atomic E-state index is 14.3. The van der Waals surface area contributed by atoms with E-state index in [-0.39, 0.29) is 83.1 Å². The average Bonchev–Trinajstić information content (AvgIpc) is 1.63. The minimum atomic E-state index is -1.43. The predicted molar refractivity (Wildman–Crippen MR) is 357 cm³/mol. The molecule has 4 aromatic rings. The predicted octanol–water partition coefficient (Wildman–Crippen LogP) is 10.4. The minimum absolute atomic E-state index is 0.0318. The first-order valence-electron chi connectivity index (χ1n) is 33.0. The monoisotopic (exact) mass is 1310 g/mol. The quantitative estimate of drug-likeness (QED) is 0.0150. The summed E-state index contributed by atoms with van der Waals surface area (Å²) in [5, 5.41) is 16.4. The van der Waals surface area contributed by atoms with Gasteiger partial charge in [-0.2, -0.15) is 0 Å². The third kappa shape index (κ3) is 25.1. The highest BCUT2D eigenvalue weighted by molar-refractivity contribution is 5.92. The van der Waals surface area contributed by atoms with Gasteiger partial charge in [0, 0.05) is 50.6 Å². The zero-order chi connectivity index (χ0) is 69.7. The summed E-state index contributed by atoms with van der Waals surface area (Å²) in [6.45, 7) is 20.6. The van der Waals surface area contributed by atoms with Gasteiger partial charge in [-0.05, 0) is 179 Å². The van der Waals surface area contributed by atoms with Crippen molar-refractivity contribution in [2.24, 2.45) is 0 Å². The number of alkyl carbamates (subject to hydrolysis) is 2. The van der Waals surface area contributed by atoms with Gasteiger partial charge in [-0.25, -0.2) is 19.2 Å². The van der Waals surface area contributed by atoms with Crippen LogP contribution in [0.3, 0.4) is 0 Å². The largest absolute Gasteiger partial charge is 0.460 e. The maximum Gasteiger partial charge on any atom is 0.407 e. The van der Waals surface area contributed by atoms with Crippen LogP contribution in [0.2, 0.25) is 0 Å². The molecule has 4 aromatic carbocycles. The van der Waals surface area contributed by atoms with E-state index in [0.29, 0.717) is 32.1 Å². The standard InChI is InChI=1S/C73H98N6O16/c1-70(2,3)92-62(82)40-37-58(66(86)94-72(7,8)9)77-61(81)39-36-57(65(85)78-59(67(87)95-73(10,11)12)38-41-63(83)93-71(4,5)6)76-60(80)35-14-13-24-42-74-64(84)56(79-69(89)91-45-55-52-32-21-17-28-48(52)49-29-18-22-33-53(49)55)34-23-25-43-75-68(88)90-44-54-50-30-19-15-26-46(50)47-27-16-20-31-51(47)54/h15-22,26-33,54-59H,13-14,23-25,34-45H2,1-12H3,(H,74,84)(H,75,88)(H,76,80)(H,77,81)(H,78,85)(H,79,89). The lowest BCUT2D eigenvalue weighted by Crippen LogP contribution is -2.53. The van der Waals surface area contributed by atoms with E-state index in [2.05, 4.69) is 44.0 Å². The first kappa shape index (κ1) is 75.2. The van der Waals surface area contributed by atoms with Crippen LogP contribution in [-0.2, 0) is 66.8 Å². The van der Waals surface area contributed by atoms with Crippen LogP contribution in [0.1, 0.15) is 201 Å². The summed E-state index contributed by atoms with van der Waals surface area (Å²) in [6.07, 6.45) is -0.862. The molecule has 6 amide bonds. The zero-order valence-corrected chi connectivity index (χ0v) is 57.3. The third-order valence-electron chi connectivity index (χ3n) is 15.3. The smallest absolute Gasteiger partial charge is 0.407 e. The van der Waals surface area contributed by atoms with Crippen LogP contribution in [0.5, 0.6) is 0 Å². The molecule has 4 unspecified atom stereocenters. The van der Waals surface area contributed by atoms with Gasteiger partial charge in [0.15, 0.2) is 0 Å². The van der Waals surface area contributed by atoms with E-state index in [1.807, 2.05) is 84.9 Å². The highest BCUT2D eigenvalue weighted by Gasteiger charge is 2.35. The lowest BCUT2D eigenvalue weighted by atomic mass is 9.98. The fourth-order valence-electron chi connectivity index (χ4n) is 11.2. The number of unbranched alkanes of at least 4 members (excludes halogenated alkanes) is 3. The Bertz CT molecular complexity index is 3250. The second-order valence-corrected chi connectivity index (χ2v) is 28.0. The van der Waals surface area contributed by atoms with Crippen molar-refractivity contribution in [2.75, 3.05) is 26.3 Å². The normalized spacial score (nSPS) is 13.9. The SMILES string of the molecule is CC(C)(C)OC(=O)CCC(NC(=O)CCC(NC(=O)CCCCCNC(=O)C(CCCCNC(=O)OCC1c2ccccc2-c2ccccc21)NC(=O)OCC1c2ccccc2-c2ccccc21)C(=O)NC(CCC(=O)OC(C)(C)C)C(=O)OC(C)(C)C)C(=O)OC(C)(C)C. The van der Waals surface area contributed by atoms with Gasteiger partial charge in [0.2, 0.25) is 23.6 Å². The molecule has 0 bridgehead atoms. The molecule has 0 radical (unpaired) electrons. The van der Waals surface area contributed by atoms with E-state index in [9.17, 15) is 47.9 Å². The zero-order valence-electron chi connectivity index (χ0n) is 57.3. The molecule has 6 N–H and O–H groups in total. The fourth-order valence-corrected chi connectivity index (χ4v) is 11.2. The Morgan fingerprint density at radius 3 is 1.18 bits per heavy atom. The van der Waals surface area contributed by atoms with Gasteiger partial charge in [0.25, 0.3) is 0 Å². The summed E-state index contributed by atoms with van der Waals surface area (Å²) < 4.78 is 33.6. The fraction of sp³-hybridized carbons (Fsp3) is 0.534. The van der Waals surface area contributed by atoms with E-state index < -0.39 is 113 Å². The van der Waals surface area contributed by atoms with Crippen molar-refractivity contribution < 1.29 is 76.4 Å². The van der Waals surface area contributed by atoms with E-state index >= 15 is 0 Å². The van der Waals surface area contributed by atoms with Crippen molar-refractivity contribution in [1.29, 1.82) is 0 Å². The highest BCUT2D eigenvalue weighted by atomic mass is 16.6. The number of esters is 4. The molecule has 0 aromatic heterocycles. The Labute approximate surface area is 558 Å². The molecule has 0 heterocycles. The number of carbonyl (C=O) groups is 10. The molecule has 0 fully saturated rings. The molecule has 22 heteroatoms. The second kappa shape index (κ2) is 34.5. The Morgan fingerprint density at radius 1 is 0.358 bits per heavy atom. The van der Waals surface area contributed by atoms with Gasteiger partial charge in [0.1, 0.15) is 59.8 Å². The van der Waals surface area contributed by atoms with Crippen LogP contribution in [0.4, 0.5) is 9.59 Å². The third-order valence-corrected chi connectivity index (χ3v) is 15.3. The molecule has 95 heavy (non-hydrogen) atoms. The number of amides is 6. The average molecular weight is 1320 g/mol. The number of ether oxygens (including phenoxy) is 6. The molecular weight excluding hydrogens is 1220 g/mol. The van der Waals surface area contributed by atoms with Gasteiger partial charge in [0.05, 0.1) is 0 Å². The van der Waals surface area contributed by atoms with E-state index in [4.69, 9.17) is 28.4 Å².